The third kappa shape index (κ3) is 3.72. The van der Waals surface area contributed by atoms with Crippen LogP contribution >= 0.6 is 34.5 Å². The molecule has 3 aromatic rings. The van der Waals surface area contributed by atoms with Gasteiger partial charge in [0.15, 0.2) is 6.61 Å². The van der Waals surface area contributed by atoms with Crippen molar-refractivity contribution in [2.75, 3.05) is 6.61 Å². The molecule has 0 fully saturated rings. The second-order valence-electron chi connectivity index (χ2n) is 4.92. The van der Waals surface area contributed by atoms with E-state index in [2.05, 4.69) is 10.5 Å². The van der Waals surface area contributed by atoms with Crippen LogP contribution in [-0.4, -0.2) is 17.1 Å². The number of nitrogens with zero attached hydrogens (tertiary/aromatic N) is 2. The van der Waals surface area contributed by atoms with E-state index >= 15 is 0 Å². The topological polar surface area (TPSA) is 55.6 Å². The molecule has 1 amide bonds. The standard InChI is InChI=1S/C16H13Cl2N3O2S/c1-21-12-4-2-3-5-14(12)24-16(21)20-19-15(22)9-23-13-7-6-10(17)8-11(13)18/h2-8H,9H2,1H3,(H,19,22)/b20-16-. The minimum absolute atomic E-state index is 0.195. The van der Waals surface area contributed by atoms with Gasteiger partial charge in [0.25, 0.3) is 5.91 Å². The summed E-state index contributed by atoms with van der Waals surface area (Å²) < 4.78 is 8.37. The smallest absolute Gasteiger partial charge is 0.278 e. The van der Waals surface area contributed by atoms with Gasteiger partial charge in [-0.1, -0.05) is 46.7 Å². The molecule has 0 saturated heterocycles. The number of ether oxygens (including phenoxy) is 1. The molecule has 0 aliphatic heterocycles. The number of fused-ring (bicyclic) bond motifs is 1. The van der Waals surface area contributed by atoms with Crippen molar-refractivity contribution < 1.29 is 9.53 Å². The molecule has 5 nitrogen and oxygen atoms in total. The molecule has 1 aromatic heterocycles. The van der Waals surface area contributed by atoms with Gasteiger partial charge in [-0.25, -0.2) is 5.43 Å². The van der Waals surface area contributed by atoms with E-state index in [4.69, 9.17) is 27.9 Å². The van der Waals surface area contributed by atoms with Crippen molar-refractivity contribution in [2.45, 2.75) is 0 Å². The molecule has 24 heavy (non-hydrogen) atoms. The lowest BCUT2D eigenvalue weighted by Gasteiger charge is -2.06. The highest BCUT2D eigenvalue weighted by atomic mass is 35.5. The van der Waals surface area contributed by atoms with Crippen molar-refractivity contribution in [3.05, 3.63) is 57.3 Å². The summed E-state index contributed by atoms with van der Waals surface area (Å²) in [5, 5.41) is 4.99. The molecular weight excluding hydrogens is 369 g/mol. The zero-order valence-electron chi connectivity index (χ0n) is 12.6. The molecule has 124 valence electrons. The van der Waals surface area contributed by atoms with E-state index in [1.54, 1.807) is 18.2 Å². The number of aromatic nitrogens is 1. The number of rotatable bonds is 4. The van der Waals surface area contributed by atoms with Crippen molar-refractivity contribution in [1.82, 2.24) is 9.99 Å². The number of hydrogen-bond donors (Lipinski definition) is 1. The number of nitrogens with one attached hydrogen (secondary N) is 1. The van der Waals surface area contributed by atoms with Crippen LogP contribution in [0.25, 0.3) is 10.2 Å². The van der Waals surface area contributed by atoms with E-state index in [0.29, 0.717) is 20.6 Å². The molecule has 2 aromatic carbocycles. The Hall–Kier alpha value is -2.02. The molecule has 1 heterocycles. The Bertz CT molecular complexity index is 965. The minimum atomic E-state index is -0.376. The first kappa shape index (κ1) is 16.8. The predicted octanol–water partition coefficient (Wildman–Crippen LogP) is 3.56. The molecule has 0 aliphatic rings. The maximum atomic E-state index is 11.9. The van der Waals surface area contributed by atoms with Gasteiger partial charge in [0.1, 0.15) is 5.75 Å². The van der Waals surface area contributed by atoms with E-state index in [1.165, 1.54) is 11.3 Å². The van der Waals surface area contributed by atoms with E-state index in [0.717, 1.165) is 10.2 Å². The summed E-state index contributed by atoms with van der Waals surface area (Å²) in [4.78, 5) is 12.6. The number of thiazole rings is 1. The van der Waals surface area contributed by atoms with Crippen LogP contribution in [0.1, 0.15) is 0 Å². The van der Waals surface area contributed by atoms with Crippen molar-refractivity contribution in [3.63, 3.8) is 0 Å². The molecule has 0 atom stereocenters. The number of benzene rings is 2. The van der Waals surface area contributed by atoms with Crippen LogP contribution in [0.4, 0.5) is 0 Å². The molecule has 3 rings (SSSR count). The first-order chi connectivity index (χ1) is 11.5. The van der Waals surface area contributed by atoms with Crippen LogP contribution in [0.2, 0.25) is 10.0 Å². The third-order valence-corrected chi connectivity index (χ3v) is 4.89. The summed E-state index contributed by atoms with van der Waals surface area (Å²) in [6, 6.07) is 12.7. The molecule has 0 bridgehead atoms. The monoisotopic (exact) mass is 381 g/mol. The minimum Gasteiger partial charge on any atom is -0.482 e. The molecule has 0 spiro atoms. The number of carbonyl (C=O) groups excluding carboxylic acids is 1. The largest absolute Gasteiger partial charge is 0.482 e. The number of para-hydroxylation sites is 1. The van der Waals surface area contributed by atoms with Gasteiger partial charge in [-0.3, -0.25) is 4.79 Å². The molecule has 0 aliphatic carbocycles. The maximum absolute atomic E-state index is 11.9. The van der Waals surface area contributed by atoms with Crippen molar-refractivity contribution >= 4 is 50.7 Å². The lowest BCUT2D eigenvalue weighted by Crippen LogP contribution is -2.27. The number of carbonyl (C=O) groups is 1. The fraction of sp³-hybridized carbons (Fsp3) is 0.125. The van der Waals surface area contributed by atoms with Crippen LogP contribution < -0.4 is 15.0 Å². The predicted molar refractivity (Wildman–Crippen MR) is 96.5 cm³/mol. The SMILES string of the molecule is Cn1/c(=N/NC(=O)COc2ccc(Cl)cc2Cl)sc2ccccc21. The number of aryl methyl sites for hydroxylation is 1. The van der Waals surface area contributed by atoms with E-state index in [1.807, 2.05) is 35.9 Å². The summed E-state index contributed by atoms with van der Waals surface area (Å²) >= 11 is 13.3. The van der Waals surface area contributed by atoms with E-state index < -0.39 is 0 Å². The molecule has 8 heteroatoms. The second kappa shape index (κ2) is 7.25. The van der Waals surface area contributed by atoms with Crippen LogP contribution in [-0.2, 0) is 11.8 Å². The zero-order chi connectivity index (χ0) is 17.1. The van der Waals surface area contributed by atoms with Gasteiger partial charge in [-0.2, -0.15) is 0 Å². The van der Waals surface area contributed by atoms with Crippen LogP contribution in [0.3, 0.4) is 0 Å². The first-order valence-electron chi connectivity index (χ1n) is 6.99. The number of hydrogen-bond acceptors (Lipinski definition) is 4. The first-order valence-corrected chi connectivity index (χ1v) is 8.57. The lowest BCUT2D eigenvalue weighted by atomic mass is 10.3. The van der Waals surface area contributed by atoms with E-state index in [-0.39, 0.29) is 12.5 Å². The van der Waals surface area contributed by atoms with Gasteiger partial charge in [0, 0.05) is 12.1 Å². The quantitative estimate of drug-likeness (QED) is 0.702. The van der Waals surface area contributed by atoms with Gasteiger partial charge in [-0.15, -0.1) is 5.10 Å². The Morgan fingerprint density at radius 2 is 2.08 bits per heavy atom. The Morgan fingerprint density at radius 3 is 2.83 bits per heavy atom. The highest BCUT2D eigenvalue weighted by molar-refractivity contribution is 7.16. The zero-order valence-corrected chi connectivity index (χ0v) is 15.0. The van der Waals surface area contributed by atoms with Crippen LogP contribution in [0.15, 0.2) is 47.6 Å². The van der Waals surface area contributed by atoms with Gasteiger partial charge < -0.3 is 9.30 Å². The summed E-state index contributed by atoms with van der Waals surface area (Å²) in [6.07, 6.45) is 0. The Balaban J connectivity index is 1.67. The maximum Gasteiger partial charge on any atom is 0.278 e. The number of amides is 1. The summed E-state index contributed by atoms with van der Waals surface area (Å²) in [6.45, 7) is -0.195. The molecule has 1 N–H and O–H groups in total. The lowest BCUT2D eigenvalue weighted by molar-refractivity contribution is -0.123. The van der Waals surface area contributed by atoms with Gasteiger partial charge >= 0.3 is 0 Å². The van der Waals surface area contributed by atoms with Crippen molar-refractivity contribution in [2.24, 2.45) is 12.1 Å². The molecule has 0 unspecified atom stereocenters. The average molecular weight is 382 g/mol. The third-order valence-electron chi connectivity index (χ3n) is 3.24. The van der Waals surface area contributed by atoms with Crippen molar-refractivity contribution in [3.8, 4) is 5.75 Å². The summed E-state index contributed by atoms with van der Waals surface area (Å²) in [7, 11) is 1.90. The Kier molecular flexibility index (Phi) is 5.08. The average Bonchev–Trinajstić information content (AvgIpc) is 2.89. The number of halogens is 2. The van der Waals surface area contributed by atoms with Gasteiger partial charge in [0.2, 0.25) is 4.80 Å². The van der Waals surface area contributed by atoms with Gasteiger partial charge in [-0.05, 0) is 30.3 Å². The second-order valence-corrected chi connectivity index (χ2v) is 6.77. The molecule has 0 radical (unpaired) electrons. The van der Waals surface area contributed by atoms with Crippen LogP contribution in [0.5, 0.6) is 5.75 Å². The van der Waals surface area contributed by atoms with E-state index in [9.17, 15) is 4.79 Å². The summed E-state index contributed by atoms with van der Waals surface area (Å²) in [5.74, 6) is 0.0158. The van der Waals surface area contributed by atoms with Crippen molar-refractivity contribution in [1.29, 1.82) is 0 Å². The normalized spacial score (nSPS) is 11.7. The Morgan fingerprint density at radius 1 is 1.29 bits per heavy atom. The Labute approximate surface area is 152 Å². The fourth-order valence-electron chi connectivity index (χ4n) is 2.07. The summed E-state index contributed by atoms with van der Waals surface area (Å²) in [5.41, 5.74) is 3.54. The molecular formula is C16H13Cl2N3O2S. The van der Waals surface area contributed by atoms with Crippen LogP contribution in [0, 0.1) is 0 Å². The highest BCUT2D eigenvalue weighted by Crippen LogP contribution is 2.27. The highest BCUT2D eigenvalue weighted by Gasteiger charge is 2.07. The van der Waals surface area contributed by atoms with Gasteiger partial charge in [0.05, 0.1) is 15.2 Å². The fourth-order valence-corrected chi connectivity index (χ4v) is 3.51. The molecule has 0 saturated carbocycles.